The van der Waals surface area contributed by atoms with E-state index in [2.05, 4.69) is 10.2 Å². The Kier molecular flexibility index (Phi) is 7.72. The maximum Gasteiger partial charge on any atom is 0.312 e. The number of carbonyl (C=O) groups is 2. The summed E-state index contributed by atoms with van der Waals surface area (Å²) in [4.78, 5) is 28.1. The maximum atomic E-state index is 12.3. The molecule has 1 aromatic carbocycles. The van der Waals surface area contributed by atoms with Crippen LogP contribution >= 0.6 is 0 Å². The van der Waals surface area contributed by atoms with E-state index < -0.39 is 11.8 Å². The van der Waals surface area contributed by atoms with E-state index in [0.717, 1.165) is 11.4 Å². The predicted octanol–water partition coefficient (Wildman–Crippen LogP) is 1.28. The van der Waals surface area contributed by atoms with Gasteiger partial charge in [-0.05, 0) is 32.4 Å². The average molecular weight is 363 g/mol. The van der Waals surface area contributed by atoms with E-state index in [0.29, 0.717) is 45.8 Å². The van der Waals surface area contributed by atoms with Gasteiger partial charge in [-0.1, -0.05) is 12.1 Å². The molecule has 2 amide bonds. The van der Waals surface area contributed by atoms with Crippen molar-refractivity contribution >= 4 is 17.5 Å². The van der Waals surface area contributed by atoms with Gasteiger partial charge in [0.05, 0.1) is 18.9 Å². The summed E-state index contributed by atoms with van der Waals surface area (Å²) in [6.45, 7) is 7.31. The summed E-state index contributed by atoms with van der Waals surface area (Å²) in [7, 11) is 1.65. The Morgan fingerprint density at radius 2 is 1.85 bits per heavy atom. The lowest BCUT2D eigenvalue weighted by Gasteiger charge is -2.36. The van der Waals surface area contributed by atoms with Crippen molar-refractivity contribution in [2.75, 3.05) is 51.3 Å². The second kappa shape index (κ2) is 10.0. The Morgan fingerprint density at radius 3 is 2.50 bits per heavy atom. The van der Waals surface area contributed by atoms with E-state index in [4.69, 9.17) is 9.47 Å². The number of ether oxygens (including phenoxy) is 2. The normalized spacial score (nSPS) is 14.5. The zero-order chi connectivity index (χ0) is 18.9. The third kappa shape index (κ3) is 5.62. The Morgan fingerprint density at radius 1 is 1.15 bits per heavy atom. The number of para-hydroxylation sites is 2. The van der Waals surface area contributed by atoms with Crippen LogP contribution in [0.25, 0.3) is 0 Å². The van der Waals surface area contributed by atoms with Crippen molar-refractivity contribution in [1.82, 2.24) is 10.2 Å². The molecule has 0 atom stereocenters. The molecule has 144 valence electrons. The average Bonchev–Trinajstić information content (AvgIpc) is 2.66. The van der Waals surface area contributed by atoms with Crippen molar-refractivity contribution in [1.29, 1.82) is 0 Å². The first-order valence-corrected chi connectivity index (χ1v) is 9.09. The molecule has 1 saturated heterocycles. The van der Waals surface area contributed by atoms with Crippen LogP contribution in [0, 0.1) is 0 Å². The maximum absolute atomic E-state index is 12.3. The van der Waals surface area contributed by atoms with Gasteiger partial charge < -0.3 is 24.6 Å². The molecule has 7 nitrogen and oxygen atoms in total. The monoisotopic (exact) mass is 363 g/mol. The molecule has 0 radical (unpaired) electrons. The smallest absolute Gasteiger partial charge is 0.312 e. The van der Waals surface area contributed by atoms with E-state index in [9.17, 15) is 9.59 Å². The lowest BCUT2D eigenvalue weighted by Crippen LogP contribution is -2.52. The van der Waals surface area contributed by atoms with E-state index in [-0.39, 0.29) is 6.10 Å². The summed E-state index contributed by atoms with van der Waals surface area (Å²) >= 11 is 0. The molecular formula is C19H29N3O4. The fourth-order valence-electron chi connectivity index (χ4n) is 2.85. The van der Waals surface area contributed by atoms with Gasteiger partial charge >= 0.3 is 11.8 Å². The van der Waals surface area contributed by atoms with Crippen LogP contribution in [0.5, 0.6) is 5.75 Å². The van der Waals surface area contributed by atoms with Crippen molar-refractivity contribution in [3.63, 3.8) is 0 Å². The third-order valence-corrected chi connectivity index (χ3v) is 4.24. The minimum absolute atomic E-state index is 0.173. The number of nitrogens with zero attached hydrogens (tertiary/aromatic N) is 2. The number of rotatable bonds is 7. The van der Waals surface area contributed by atoms with E-state index >= 15 is 0 Å². The zero-order valence-electron chi connectivity index (χ0n) is 15.9. The van der Waals surface area contributed by atoms with Crippen LogP contribution in [-0.4, -0.2) is 69.3 Å². The number of carbonyl (C=O) groups excluding carboxylic acids is 2. The highest BCUT2D eigenvalue weighted by atomic mass is 16.5. The molecule has 2 rings (SSSR count). The van der Waals surface area contributed by atoms with Gasteiger partial charge in [-0.2, -0.15) is 0 Å². The number of methoxy groups -OCH3 is 1. The Balaban J connectivity index is 1.76. The van der Waals surface area contributed by atoms with Crippen molar-refractivity contribution in [3.05, 3.63) is 24.3 Å². The van der Waals surface area contributed by atoms with Gasteiger partial charge in [0.25, 0.3) is 0 Å². The molecule has 1 aliphatic heterocycles. The number of piperazine rings is 1. The van der Waals surface area contributed by atoms with Gasteiger partial charge in [0.15, 0.2) is 0 Å². The highest BCUT2D eigenvalue weighted by Gasteiger charge is 2.26. The second-order valence-corrected chi connectivity index (χ2v) is 6.48. The summed E-state index contributed by atoms with van der Waals surface area (Å²) in [5.74, 6) is -0.191. The molecule has 1 heterocycles. The van der Waals surface area contributed by atoms with Crippen molar-refractivity contribution in [2.45, 2.75) is 26.4 Å². The molecule has 0 aromatic heterocycles. The lowest BCUT2D eigenvalue weighted by molar-refractivity contribution is -0.146. The quantitative estimate of drug-likeness (QED) is 0.584. The fourth-order valence-corrected chi connectivity index (χ4v) is 2.85. The van der Waals surface area contributed by atoms with Gasteiger partial charge in [-0.25, -0.2) is 0 Å². The first kappa shape index (κ1) is 20.0. The van der Waals surface area contributed by atoms with Gasteiger partial charge in [-0.3, -0.25) is 9.59 Å². The van der Waals surface area contributed by atoms with Gasteiger partial charge in [-0.15, -0.1) is 0 Å². The van der Waals surface area contributed by atoms with Crippen molar-refractivity contribution in [2.24, 2.45) is 0 Å². The molecule has 1 fully saturated rings. The van der Waals surface area contributed by atoms with Crippen molar-refractivity contribution < 1.29 is 19.1 Å². The van der Waals surface area contributed by atoms with Crippen LogP contribution in [0.1, 0.15) is 20.3 Å². The number of nitrogens with one attached hydrogen (secondary N) is 1. The molecule has 0 bridgehead atoms. The van der Waals surface area contributed by atoms with Gasteiger partial charge in [0.2, 0.25) is 0 Å². The van der Waals surface area contributed by atoms with Crippen LogP contribution in [0.4, 0.5) is 5.69 Å². The third-order valence-electron chi connectivity index (χ3n) is 4.24. The van der Waals surface area contributed by atoms with Crippen LogP contribution in [0.15, 0.2) is 24.3 Å². The van der Waals surface area contributed by atoms with Crippen LogP contribution < -0.4 is 15.0 Å². The van der Waals surface area contributed by atoms with Crippen LogP contribution in [-0.2, 0) is 14.3 Å². The Hall–Kier alpha value is -2.28. The first-order valence-electron chi connectivity index (χ1n) is 9.09. The van der Waals surface area contributed by atoms with E-state index in [1.54, 1.807) is 12.0 Å². The number of benzene rings is 1. The van der Waals surface area contributed by atoms with Crippen molar-refractivity contribution in [3.8, 4) is 5.75 Å². The summed E-state index contributed by atoms with van der Waals surface area (Å²) in [6, 6.07) is 7.82. The summed E-state index contributed by atoms with van der Waals surface area (Å²) < 4.78 is 10.8. The Bertz CT molecular complexity index is 598. The number of amides is 2. The topological polar surface area (TPSA) is 71.1 Å². The molecule has 26 heavy (non-hydrogen) atoms. The number of hydrogen-bond donors (Lipinski definition) is 1. The van der Waals surface area contributed by atoms with Crippen LogP contribution in [0.3, 0.4) is 0 Å². The Labute approximate surface area is 155 Å². The predicted molar refractivity (Wildman–Crippen MR) is 101 cm³/mol. The molecule has 0 saturated carbocycles. The largest absolute Gasteiger partial charge is 0.495 e. The van der Waals surface area contributed by atoms with Crippen LogP contribution in [0.2, 0.25) is 0 Å². The lowest BCUT2D eigenvalue weighted by atomic mass is 10.2. The zero-order valence-corrected chi connectivity index (χ0v) is 15.9. The summed E-state index contributed by atoms with van der Waals surface area (Å²) in [5.41, 5.74) is 1.01. The van der Waals surface area contributed by atoms with E-state index in [1.807, 2.05) is 38.1 Å². The molecule has 0 unspecified atom stereocenters. The minimum atomic E-state index is -0.541. The SMILES string of the molecule is COc1ccccc1N1CCN(C(=O)C(=O)NCCCOC(C)C)CC1. The molecule has 0 aliphatic carbocycles. The van der Waals surface area contributed by atoms with E-state index in [1.165, 1.54) is 0 Å². The standard InChI is InChI=1S/C19H29N3O4/c1-15(2)26-14-6-9-20-18(23)19(24)22-12-10-21(11-13-22)16-7-4-5-8-17(16)25-3/h4-5,7-8,15H,6,9-14H2,1-3H3,(H,20,23). The molecule has 1 aromatic rings. The molecule has 1 aliphatic rings. The minimum Gasteiger partial charge on any atom is -0.495 e. The van der Waals surface area contributed by atoms with Gasteiger partial charge in [0.1, 0.15) is 5.75 Å². The van der Waals surface area contributed by atoms with Gasteiger partial charge in [0, 0.05) is 39.3 Å². The second-order valence-electron chi connectivity index (χ2n) is 6.48. The summed E-state index contributed by atoms with van der Waals surface area (Å²) in [6.07, 6.45) is 0.866. The highest BCUT2D eigenvalue weighted by molar-refractivity contribution is 6.35. The number of hydrogen-bond acceptors (Lipinski definition) is 5. The first-order chi connectivity index (χ1) is 12.5. The number of anilines is 1. The highest BCUT2D eigenvalue weighted by Crippen LogP contribution is 2.28. The molecule has 0 spiro atoms. The molecule has 1 N–H and O–H groups in total. The molecule has 7 heteroatoms. The summed E-state index contributed by atoms with van der Waals surface area (Å²) in [5, 5.41) is 2.67. The fraction of sp³-hybridized carbons (Fsp3) is 0.579. The molecular weight excluding hydrogens is 334 g/mol.